The van der Waals surface area contributed by atoms with Crippen LogP contribution in [0.15, 0.2) is 23.1 Å². The van der Waals surface area contributed by atoms with Gasteiger partial charge in [0.15, 0.2) is 0 Å². The molecule has 0 radical (unpaired) electrons. The highest BCUT2D eigenvalue weighted by atomic mass is 32.2. The summed E-state index contributed by atoms with van der Waals surface area (Å²) >= 11 is 0. The molecule has 1 atom stereocenters. The van der Waals surface area contributed by atoms with E-state index in [4.69, 9.17) is 5.73 Å². The van der Waals surface area contributed by atoms with Crippen LogP contribution in [0.1, 0.15) is 13.3 Å². The van der Waals surface area contributed by atoms with Crippen LogP contribution in [0.25, 0.3) is 0 Å². The summed E-state index contributed by atoms with van der Waals surface area (Å²) in [5, 5.41) is 0. The molecule has 0 aliphatic rings. The Kier molecular flexibility index (Phi) is 3.42. The zero-order chi connectivity index (χ0) is 9.84. The summed E-state index contributed by atoms with van der Waals surface area (Å²) in [5.74, 6) is 0.113. The molecule has 0 amide bonds. The zero-order valence-electron chi connectivity index (χ0n) is 7.42. The van der Waals surface area contributed by atoms with Crippen LogP contribution in [0.3, 0.4) is 0 Å². The van der Waals surface area contributed by atoms with Gasteiger partial charge in [-0.2, -0.15) is 0 Å². The molecule has 0 heterocycles. The van der Waals surface area contributed by atoms with Gasteiger partial charge in [-0.15, -0.1) is 0 Å². The molecule has 0 fully saturated rings. The third-order valence-electron chi connectivity index (χ3n) is 1.55. The van der Waals surface area contributed by atoms with Crippen molar-refractivity contribution in [1.29, 1.82) is 0 Å². The van der Waals surface area contributed by atoms with Gasteiger partial charge in [0, 0.05) is 16.3 Å². The van der Waals surface area contributed by atoms with Gasteiger partial charge in [-0.25, -0.2) is 4.39 Å². The molecule has 0 saturated carbocycles. The Bertz CT molecular complexity index is 307. The fourth-order valence-electron chi connectivity index (χ4n) is 1.02. The highest BCUT2D eigenvalue weighted by Crippen LogP contribution is 2.14. The van der Waals surface area contributed by atoms with Gasteiger partial charge in [0.05, 0.1) is 10.8 Å². The Morgan fingerprint density at radius 1 is 1.46 bits per heavy atom. The minimum absolute atomic E-state index is 0.319. The highest BCUT2D eigenvalue weighted by molar-refractivity contribution is 7.85. The smallest absolute Gasteiger partial charge is 0.126 e. The third kappa shape index (κ3) is 2.81. The molecule has 2 N–H and O–H groups in total. The van der Waals surface area contributed by atoms with Crippen molar-refractivity contribution in [1.82, 2.24) is 0 Å². The minimum atomic E-state index is -1.12. The van der Waals surface area contributed by atoms with Gasteiger partial charge in [0.1, 0.15) is 5.82 Å². The van der Waals surface area contributed by atoms with Crippen LogP contribution < -0.4 is 5.73 Å². The van der Waals surface area contributed by atoms with E-state index in [1.165, 1.54) is 12.1 Å². The van der Waals surface area contributed by atoms with E-state index in [0.29, 0.717) is 16.3 Å². The summed E-state index contributed by atoms with van der Waals surface area (Å²) in [6, 6.07) is 4.03. The van der Waals surface area contributed by atoms with Crippen LogP contribution in [0.4, 0.5) is 10.1 Å². The number of nitrogens with two attached hydrogens (primary N) is 1. The van der Waals surface area contributed by atoms with Crippen molar-refractivity contribution in [2.75, 3.05) is 11.5 Å². The Hall–Kier alpha value is -0.900. The molecule has 0 aliphatic heterocycles. The van der Waals surface area contributed by atoms with Crippen LogP contribution in [0.5, 0.6) is 0 Å². The molecule has 1 aromatic carbocycles. The van der Waals surface area contributed by atoms with Crippen LogP contribution in [0, 0.1) is 5.82 Å². The highest BCUT2D eigenvalue weighted by Gasteiger charge is 2.04. The molecule has 1 rings (SSSR count). The molecule has 0 saturated heterocycles. The molecular weight excluding hydrogens is 189 g/mol. The van der Waals surface area contributed by atoms with Crippen molar-refractivity contribution < 1.29 is 8.60 Å². The molecule has 1 unspecified atom stereocenters. The van der Waals surface area contributed by atoms with Gasteiger partial charge < -0.3 is 5.73 Å². The normalized spacial score (nSPS) is 12.8. The molecule has 72 valence electrons. The lowest BCUT2D eigenvalue weighted by molar-refractivity contribution is 0.623. The third-order valence-corrected chi connectivity index (χ3v) is 3.09. The van der Waals surface area contributed by atoms with E-state index in [0.717, 1.165) is 6.42 Å². The van der Waals surface area contributed by atoms with Crippen LogP contribution in [-0.2, 0) is 10.8 Å². The summed E-state index contributed by atoms with van der Waals surface area (Å²) in [6.07, 6.45) is 0.809. The second kappa shape index (κ2) is 4.37. The largest absolute Gasteiger partial charge is 0.399 e. The van der Waals surface area contributed by atoms with Crippen molar-refractivity contribution in [3.63, 3.8) is 0 Å². The number of anilines is 1. The Morgan fingerprint density at radius 3 is 2.69 bits per heavy atom. The summed E-state index contributed by atoms with van der Waals surface area (Å²) < 4.78 is 24.3. The lowest BCUT2D eigenvalue weighted by Crippen LogP contribution is -1.98. The van der Waals surface area contributed by atoms with Crippen LogP contribution in [-0.4, -0.2) is 9.96 Å². The SMILES string of the molecule is CCCS(=O)c1cc(N)cc(F)c1. The van der Waals surface area contributed by atoms with Gasteiger partial charge in [0.25, 0.3) is 0 Å². The molecule has 0 aromatic heterocycles. The second-order valence-corrected chi connectivity index (χ2v) is 4.34. The van der Waals surface area contributed by atoms with Crippen molar-refractivity contribution in [2.45, 2.75) is 18.2 Å². The molecule has 0 bridgehead atoms. The van der Waals surface area contributed by atoms with Gasteiger partial charge in [-0.05, 0) is 24.6 Å². The van der Waals surface area contributed by atoms with E-state index in [2.05, 4.69) is 0 Å². The molecule has 4 heteroatoms. The molecule has 13 heavy (non-hydrogen) atoms. The maximum Gasteiger partial charge on any atom is 0.126 e. The average molecular weight is 201 g/mol. The predicted octanol–water partition coefficient (Wildman–Crippen LogP) is 1.93. The van der Waals surface area contributed by atoms with Gasteiger partial charge >= 0.3 is 0 Å². The lowest BCUT2D eigenvalue weighted by atomic mass is 10.3. The Morgan fingerprint density at radius 2 is 2.15 bits per heavy atom. The van der Waals surface area contributed by atoms with Gasteiger partial charge in [-0.3, -0.25) is 4.21 Å². The van der Waals surface area contributed by atoms with E-state index < -0.39 is 16.6 Å². The molecular formula is C9H12FNOS. The van der Waals surface area contributed by atoms with E-state index in [1.807, 2.05) is 6.92 Å². The number of hydrogen-bond acceptors (Lipinski definition) is 2. The van der Waals surface area contributed by atoms with Crippen LogP contribution in [0.2, 0.25) is 0 Å². The van der Waals surface area contributed by atoms with E-state index >= 15 is 0 Å². The topological polar surface area (TPSA) is 43.1 Å². The quantitative estimate of drug-likeness (QED) is 0.759. The van der Waals surface area contributed by atoms with E-state index in [1.54, 1.807) is 6.07 Å². The standard InChI is InChI=1S/C9H12FNOS/c1-2-3-13(12)9-5-7(10)4-8(11)6-9/h4-6H,2-3,11H2,1H3. The fourth-order valence-corrected chi connectivity index (χ4v) is 2.14. The fraction of sp³-hybridized carbons (Fsp3) is 0.333. The van der Waals surface area contributed by atoms with E-state index in [-0.39, 0.29) is 0 Å². The minimum Gasteiger partial charge on any atom is -0.399 e. The van der Waals surface area contributed by atoms with Crippen molar-refractivity contribution in [3.8, 4) is 0 Å². The first-order valence-corrected chi connectivity index (χ1v) is 5.40. The van der Waals surface area contributed by atoms with Gasteiger partial charge in [0.2, 0.25) is 0 Å². The van der Waals surface area contributed by atoms with Crippen molar-refractivity contribution in [2.24, 2.45) is 0 Å². The van der Waals surface area contributed by atoms with Gasteiger partial charge in [-0.1, -0.05) is 6.92 Å². The monoisotopic (exact) mass is 201 g/mol. The number of rotatable bonds is 3. The molecule has 2 nitrogen and oxygen atoms in total. The maximum absolute atomic E-state index is 12.8. The Labute approximate surface area is 79.4 Å². The number of nitrogen functional groups attached to an aromatic ring is 1. The predicted molar refractivity (Wildman–Crippen MR) is 52.4 cm³/mol. The summed E-state index contributed by atoms with van der Waals surface area (Å²) in [7, 11) is -1.12. The summed E-state index contributed by atoms with van der Waals surface area (Å²) in [5.41, 5.74) is 5.74. The first-order valence-electron chi connectivity index (χ1n) is 4.08. The second-order valence-electron chi connectivity index (χ2n) is 2.77. The number of halogens is 1. The molecule has 0 aliphatic carbocycles. The molecule has 0 spiro atoms. The summed E-state index contributed by atoms with van der Waals surface area (Å²) in [4.78, 5) is 0.472. The number of hydrogen-bond donors (Lipinski definition) is 1. The van der Waals surface area contributed by atoms with Crippen molar-refractivity contribution >= 4 is 16.5 Å². The van der Waals surface area contributed by atoms with E-state index in [9.17, 15) is 8.60 Å². The average Bonchev–Trinajstić information content (AvgIpc) is 2.03. The summed E-state index contributed by atoms with van der Waals surface area (Å²) in [6.45, 7) is 1.93. The first kappa shape index (κ1) is 10.2. The number of benzene rings is 1. The maximum atomic E-state index is 12.8. The van der Waals surface area contributed by atoms with Crippen LogP contribution >= 0.6 is 0 Å². The molecule has 1 aromatic rings. The van der Waals surface area contributed by atoms with Crippen molar-refractivity contribution in [3.05, 3.63) is 24.0 Å². The lowest BCUT2D eigenvalue weighted by Gasteiger charge is -2.01. The first-order chi connectivity index (χ1) is 6.13. The zero-order valence-corrected chi connectivity index (χ0v) is 8.23. The Balaban J connectivity index is 2.94.